The van der Waals surface area contributed by atoms with E-state index in [-0.39, 0.29) is 25.9 Å². The monoisotopic (exact) mass is 302 g/mol. The molecular weight excluding hydrogens is 285 g/mol. The molecule has 5 nitrogen and oxygen atoms in total. The van der Waals surface area contributed by atoms with Crippen molar-refractivity contribution in [3.05, 3.63) is 0 Å². The number of nitrogens with zero attached hydrogens (tertiary/aromatic N) is 2. The highest BCUT2D eigenvalue weighted by atomic mass is 32.2. The summed E-state index contributed by atoms with van der Waals surface area (Å²) in [6, 6.07) is 0. The van der Waals surface area contributed by atoms with Crippen LogP contribution in [0.5, 0.6) is 0 Å². The van der Waals surface area contributed by atoms with Crippen molar-refractivity contribution in [3.63, 3.8) is 0 Å². The lowest BCUT2D eigenvalue weighted by Gasteiger charge is -2.34. The van der Waals surface area contributed by atoms with E-state index in [1.807, 2.05) is 0 Å². The zero-order valence-corrected chi connectivity index (χ0v) is 11.6. The van der Waals surface area contributed by atoms with Gasteiger partial charge < -0.3 is 4.90 Å². The molecule has 0 aromatic heterocycles. The van der Waals surface area contributed by atoms with Gasteiger partial charge in [0.15, 0.2) is 0 Å². The maximum atomic E-state index is 12.6. The number of amides is 1. The average molecular weight is 302 g/mol. The van der Waals surface area contributed by atoms with Crippen LogP contribution in [0, 0.1) is 5.92 Å². The first-order valence-corrected chi connectivity index (χ1v) is 7.62. The SMILES string of the molecule is CN(CC(=O)N1CCC[C@@H](C(F)(F)F)C1)S(C)(=O)=O. The number of likely N-dealkylation sites (tertiary alicyclic amines) is 1. The van der Waals surface area contributed by atoms with Crippen molar-refractivity contribution in [3.8, 4) is 0 Å². The Morgan fingerprint density at radius 2 is 2.00 bits per heavy atom. The minimum absolute atomic E-state index is 0.00912. The van der Waals surface area contributed by atoms with Gasteiger partial charge in [0.25, 0.3) is 0 Å². The van der Waals surface area contributed by atoms with E-state index in [4.69, 9.17) is 0 Å². The Balaban J connectivity index is 2.63. The molecule has 0 radical (unpaired) electrons. The number of carbonyl (C=O) groups excluding carboxylic acids is 1. The largest absolute Gasteiger partial charge is 0.393 e. The standard InChI is InChI=1S/C10H17F3N2O3S/c1-14(19(2,17)18)7-9(16)15-5-3-4-8(6-15)10(11,12)13/h8H,3-7H2,1-2H3/t8-/m1/s1. The van der Waals surface area contributed by atoms with Crippen LogP contribution >= 0.6 is 0 Å². The van der Waals surface area contributed by atoms with E-state index in [9.17, 15) is 26.4 Å². The van der Waals surface area contributed by atoms with Crippen LogP contribution in [0.2, 0.25) is 0 Å². The molecule has 0 unspecified atom stereocenters. The molecule has 1 aliphatic heterocycles. The summed E-state index contributed by atoms with van der Waals surface area (Å²) in [7, 11) is -2.29. The summed E-state index contributed by atoms with van der Waals surface area (Å²) in [6.45, 7) is -0.577. The Morgan fingerprint density at radius 3 is 2.47 bits per heavy atom. The first-order chi connectivity index (χ1) is 8.51. The molecule has 9 heteroatoms. The first-order valence-electron chi connectivity index (χ1n) is 5.77. The number of piperidine rings is 1. The molecule has 1 aliphatic rings. The highest BCUT2D eigenvalue weighted by molar-refractivity contribution is 7.88. The highest BCUT2D eigenvalue weighted by Gasteiger charge is 2.42. The summed E-state index contributed by atoms with van der Waals surface area (Å²) in [6.07, 6.45) is -3.09. The Kier molecular flexibility index (Phi) is 4.83. The minimum Gasteiger partial charge on any atom is -0.341 e. The number of rotatable bonds is 3. The van der Waals surface area contributed by atoms with Gasteiger partial charge in [0.2, 0.25) is 15.9 Å². The van der Waals surface area contributed by atoms with Gasteiger partial charge in [-0.05, 0) is 12.8 Å². The number of halogens is 3. The first kappa shape index (κ1) is 16.2. The fraction of sp³-hybridized carbons (Fsp3) is 0.900. The Hall–Kier alpha value is -0.830. The van der Waals surface area contributed by atoms with Gasteiger partial charge in [-0.15, -0.1) is 0 Å². The number of hydrogen-bond acceptors (Lipinski definition) is 3. The van der Waals surface area contributed by atoms with E-state index in [1.54, 1.807) is 0 Å². The molecule has 0 spiro atoms. The lowest BCUT2D eigenvalue weighted by molar-refractivity contribution is -0.188. The summed E-state index contributed by atoms with van der Waals surface area (Å²) in [5.41, 5.74) is 0. The number of hydrogen-bond donors (Lipinski definition) is 0. The summed E-state index contributed by atoms with van der Waals surface area (Å²) in [4.78, 5) is 12.9. The predicted molar refractivity (Wildman–Crippen MR) is 62.8 cm³/mol. The molecule has 0 saturated carbocycles. The van der Waals surface area contributed by atoms with E-state index in [0.717, 1.165) is 15.5 Å². The number of likely N-dealkylation sites (N-methyl/N-ethyl adjacent to an activating group) is 1. The van der Waals surface area contributed by atoms with Gasteiger partial charge >= 0.3 is 6.18 Å². The normalized spacial score (nSPS) is 21.8. The molecule has 1 amide bonds. The molecular formula is C10H17F3N2O3S. The van der Waals surface area contributed by atoms with Crippen LogP contribution < -0.4 is 0 Å². The summed E-state index contributed by atoms with van der Waals surface area (Å²) >= 11 is 0. The van der Waals surface area contributed by atoms with Gasteiger partial charge in [0.05, 0.1) is 18.7 Å². The molecule has 112 valence electrons. The third kappa shape index (κ3) is 4.64. The molecule has 1 heterocycles. The molecule has 0 aromatic carbocycles. The van der Waals surface area contributed by atoms with Crippen molar-refractivity contribution in [1.82, 2.24) is 9.21 Å². The lowest BCUT2D eigenvalue weighted by Crippen LogP contribution is -2.48. The van der Waals surface area contributed by atoms with E-state index in [0.29, 0.717) is 0 Å². The summed E-state index contributed by atoms with van der Waals surface area (Å²) in [5, 5.41) is 0. The Bertz CT molecular complexity index is 436. The van der Waals surface area contributed by atoms with Gasteiger partial charge in [-0.3, -0.25) is 4.79 Å². The van der Waals surface area contributed by atoms with Gasteiger partial charge in [0, 0.05) is 20.1 Å². The molecule has 0 bridgehead atoms. The number of sulfonamides is 1. The fourth-order valence-corrected chi connectivity index (χ4v) is 2.22. The van der Waals surface area contributed by atoms with Gasteiger partial charge in [-0.2, -0.15) is 17.5 Å². The van der Waals surface area contributed by atoms with E-state index in [2.05, 4.69) is 0 Å². The molecule has 1 atom stereocenters. The van der Waals surface area contributed by atoms with Crippen LogP contribution in [0.3, 0.4) is 0 Å². The Morgan fingerprint density at radius 1 is 1.42 bits per heavy atom. The van der Waals surface area contributed by atoms with Gasteiger partial charge in [-0.25, -0.2) is 8.42 Å². The third-order valence-electron chi connectivity index (χ3n) is 3.16. The van der Waals surface area contributed by atoms with Gasteiger partial charge in [-0.1, -0.05) is 0 Å². The van der Waals surface area contributed by atoms with Crippen molar-refractivity contribution >= 4 is 15.9 Å². The number of carbonyl (C=O) groups is 1. The van der Waals surface area contributed by atoms with E-state index in [1.165, 1.54) is 7.05 Å². The zero-order chi connectivity index (χ0) is 14.8. The molecule has 19 heavy (non-hydrogen) atoms. The van der Waals surface area contributed by atoms with Crippen LogP contribution in [0.25, 0.3) is 0 Å². The molecule has 1 rings (SSSR count). The van der Waals surface area contributed by atoms with Crippen molar-refractivity contribution in [2.45, 2.75) is 19.0 Å². The maximum absolute atomic E-state index is 12.6. The topological polar surface area (TPSA) is 57.7 Å². The highest BCUT2D eigenvalue weighted by Crippen LogP contribution is 2.33. The predicted octanol–water partition coefficient (Wildman–Crippen LogP) is 0.679. The van der Waals surface area contributed by atoms with Crippen molar-refractivity contribution in [1.29, 1.82) is 0 Å². The van der Waals surface area contributed by atoms with Crippen molar-refractivity contribution in [2.24, 2.45) is 5.92 Å². The maximum Gasteiger partial charge on any atom is 0.393 e. The molecule has 0 aromatic rings. The second kappa shape index (κ2) is 5.66. The molecule has 1 fully saturated rings. The molecule has 0 aliphatic carbocycles. The van der Waals surface area contributed by atoms with Crippen LogP contribution in [0.15, 0.2) is 0 Å². The van der Waals surface area contributed by atoms with Crippen LogP contribution in [0.1, 0.15) is 12.8 Å². The van der Waals surface area contributed by atoms with E-state index < -0.39 is 34.6 Å². The zero-order valence-electron chi connectivity index (χ0n) is 10.8. The number of alkyl halides is 3. The quantitative estimate of drug-likeness (QED) is 0.770. The fourth-order valence-electron chi connectivity index (χ4n) is 1.88. The van der Waals surface area contributed by atoms with Crippen molar-refractivity contribution < 1.29 is 26.4 Å². The van der Waals surface area contributed by atoms with Gasteiger partial charge in [0.1, 0.15) is 0 Å². The smallest absolute Gasteiger partial charge is 0.341 e. The van der Waals surface area contributed by atoms with Crippen LogP contribution in [-0.2, 0) is 14.8 Å². The lowest BCUT2D eigenvalue weighted by atomic mass is 9.97. The summed E-state index contributed by atoms with van der Waals surface area (Å²) < 4.78 is 60.9. The Labute approximate surface area is 110 Å². The average Bonchev–Trinajstić information content (AvgIpc) is 2.26. The minimum atomic E-state index is -4.32. The summed E-state index contributed by atoms with van der Waals surface area (Å²) in [5.74, 6) is -2.12. The van der Waals surface area contributed by atoms with Crippen LogP contribution in [-0.4, -0.2) is 62.6 Å². The van der Waals surface area contributed by atoms with E-state index >= 15 is 0 Å². The van der Waals surface area contributed by atoms with Crippen molar-refractivity contribution in [2.75, 3.05) is 32.9 Å². The third-order valence-corrected chi connectivity index (χ3v) is 4.42. The molecule has 1 saturated heterocycles. The second-order valence-electron chi connectivity index (χ2n) is 4.74. The van der Waals surface area contributed by atoms with Crippen LogP contribution in [0.4, 0.5) is 13.2 Å². The second-order valence-corrected chi connectivity index (χ2v) is 6.83. The molecule has 0 N–H and O–H groups in total.